The lowest BCUT2D eigenvalue weighted by Crippen LogP contribution is -2.20. The fourth-order valence-corrected chi connectivity index (χ4v) is 7.02. The van der Waals surface area contributed by atoms with Crippen molar-refractivity contribution in [1.29, 1.82) is 0 Å². The lowest BCUT2D eigenvalue weighted by atomic mass is 9.86. The molecule has 0 saturated carbocycles. The van der Waals surface area contributed by atoms with Crippen LogP contribution in [0.25, 0.3) is 12.2 Å². The topological polar surface area (TPSA) is 56.3 Å². The Bertz CT molecular complexity index is 1480. The minimum atomic E-state index is 0.197. The van der Waals surface area contributed by atoms with Gasteiger partial charge in [-0.1, -0.05) is 47.5 Å². The summed E-state index contributed by atoms with van der Waals surface area (Å²) in [4.78, 5) is 18.3. The molecule has 0 radical (unpaired) electrons. The molecule has 4 heteroatoms. The van der Waals surface area contributed by atoms with Crippen molar-refractivity contribution in [1.82, 2.24) is 9.97 Å². The number of hydrogen-bond acceptors (Lipinski definition) is 2. The highest BCUT2D eigenvalue weighted by Gasteiger charge is 2.32. The molecule has 202 valence electrons. The van der Waals surface area contributed by atoms with Gasteiger partial charge in [0.25, 0.3) is 0 Å². The number of H-pyrrole nitrogens is 2. The first kappa shape index (κ1) is 26.7. The third-order valence-electron chi connectivity index (χ3n) is 9.34. The number of nitrogens with zero attached hydrogens (tertiary/aromatic N) is 2. The fraction of sp³-hybridized carbons (Fsp3) is 0.529. The van der Waals surface area contributed by atoms with Gasteiger partial charge in [-0.3, -0.25) is 9.98 Å². The van der Waals surface area contributed by atoms with E-state index in [0.717, 1.165) is 50.7 Å². The number of allylic oxidation sites excluding steroid dienone is 3. The summed E-state index contributed by atoms with van der Waals surface area (Å²) in [5, 5.41) is 2.45. The van der Waals surface area contributed by atoms with Crippen LogP contribution in [0.15, 0.2) is 32.9 Å². The van der Waals surface area contributed by atoms with Crippen molar-refractivity contribution < 1.29 is 0 Å². The van der Waals surface area contributed by atoms with Crippen molar-refractivity contribution in [3.05, 3.63) is 67.3 Å². The summed E-state index contributed by atoms with van der Waals surface area (Å²) >= 11 is 0. The monoisotopic (exact) mass is 510 g/mol. The SMILES string of the molecule is CCCc1c(C)c2[nH]c1=CC1=NC(=CC3=NC(Cc4[nH]c(c(CC)c4C)C=2)C(CC)=C3C)[C@H](C)[C@H]1CCC. The Balaban J connectivity index is 1.81. The molecule has 0 amide bonds. The highest BCUT2D eigenvalue weighted by atomic mass is 14.9. The second kappa shape index (κ2) is 10.7. The first-order valence-corrected chi connectivity index (χ1v) is 15.0. The van der Waals surface area contributed by atoms with Gasteiger partial charge in [0.2, 0.25) is 0 Å². The van der Waals surface area contributed by atoms with Crippen molar-refractivity contribution >= 4 is 23.6 Å². The van der Waals surface area contributed by atoms with Gasteiger partial charge in [0, 0.05) is 51.8 Å². The molecule has 5 rings (SSSR count). The van der Waals surface area contributed by atoms with Crippen LogP contribution in [-0.2, 0) is 19.3 Å². The lowest BCUT2D eigenvalue weighted by Gasteiger charge is -2.16. The summed E-state index contributed by atoms with van der Waals surface area (Å²) in [6, 6.07) is 0.197. The number of aromatic nitrogens is 2. The molecule has 2 aromatic heterocycles. The smallest absolute Gasteiger partial charge is 0.0777 e. The van der Waals surface area contributed by atoms with Crippen molar-refractivity contribution in [2.75, 3.05) is 0 Å². The van der Waals surface area contributed by atoms with Crippen LogP contribution in [-0.4, -0.2) is 27.4 Å². The maximum absolute atomic E-state index is 5.32. The molecule has 3 aliphatic rings. The summed E-state index contributed by atoms with van der Waals surface area (Å²) in [6.07, 6.45) is 14.5. The van der Waals surface area contributed by atoms with Crippen LogP contribution in [0.1, 0.15) is 101 Å². The van der Waals surface area contributed by atoms with Gasteiger partial charge in [-0.15, -0.1) is 0 Å². The summed E-state index contributed by atoms with van der Waals surface area (Å²) in [5.74, 6) is 0.841. The van der Waals surface area contributed by atoms with Crippen LogP contribution in [0.5, 0.6) is 0 Å². The zero-order chi connectivity index (χ0) is 27.1. The first-order chi connectivity index (χ1) is 18.3. The summed E-state index contributed by atoms with van der Waals surface area (Å²) in [7, 11) is 0. The van der Waals surface area contributed by atoms with E-state index in [2.05, 4.69) is 83.6 Å². The number of aromatic amines is 2. The molecule has 3 aliphatic heterocycles. The highest BCUT2D eigenvalue weighted by molar-refractivity contribution is 6.15. The van der Waals surface area contributed by atoms with Gasteiger partial charge < -0.3 is 9.97 Å². The highest BCUT2D eigenvalue weighted by Crippen LogP contribution is 2.36. The Labute approximate surface area is 228 Å². The Kier molecular flexibility index (Phi) is 7.53. The van der Waals surface area contributed by atoms with Gasteiger partial charge in [0.1, 0.15) is 0 Å². The van der Waals surface area contributed by atoms with Crippen LogP contribution in [0, 0.1) is 25.7 Å². The average Bonchev–Trinajstić information content (AvgIpc) is 3.55. The number of aliphatic imine (C=N–C) groups is 2. The fourth-order valence-electron chi connectivity index (χ4n) is 7.02. The number of rotatable bonds is 6. The molecule has 0 saturated heterocycles. The Morgan fingerprint density at radius 1 is 0.868 bits per heavy atom. The molecule has 38 heavy (non-hydrogen) atoms. The first-order valence-electron chi connectivity index (χ1n) is 15.0. The molecule has 0 fully saturated rings. The van der Waals surface area contributed by atoms with Crippen LogP contribution >= 0.6 is 0 Å². The van der Waals surface area contributed by atoms with Crippen LogP contribution in [0.2, 0.25) is 0 Å². The van der Waals surface area contributed by atoms with E-state index in [1.54, 1.807) is 0 Å². The van der Waals surface area contributed by atoms with Crippen LogP contribution in [0.4, 0.5) is 0 Å². The Hall–Kier alpha value is -2.88. The molecule has 3 atom stereocenters. The second-order valence-corrected chi connectivity index (χ2v) is 11.6. The van der Waals surface area contributed by atoms with Crippen molar-refractivity contribution in [3.8, 4) is 0 Å². The third kappa shape index (κ3) is 4.50. The molecule has 0 aromatic carbocycles. The standard InChI is InChI=1S/C34H46N4/c1-9-13-25-21(7)28-15-27-19(5)23(11-3)31(35-27)16-29-20(6)24(12-4)32(36-29)17-30-22(8)26(14-10-2)34(38-30)18-33(25)37-28/h15,17-18,21,25,31,36,38H,9-14,16H2,1-8H3/t21-,25-,31?/m1/s1. The summed E-state index contributed by atoms with van der Waals surface area (Å²) in [6.45, 7) is 18.3. The van der Waals surface area contributed by atoms with E-state index in [4.69, 9.17) is 9.98 Å². The molecular weight excluding hydrogens is 464 g/mol. The normalized spacial score (nSPS) is 22.7. The quantitative estimate of drug-likeness (QED) is 0.441. The van der Waals surface area contributed by atoms with Gasteiger partial charge >= 0.3 is 0 Å². The zero-order valence-electron chi connectivity index (χ0n) is 24.8. The third-order valence-corrected chi connectivity index (χ3v) is 9.34. The number of nitrogens with one attached hydrogen (secondary N) is 2. The molecular formula is C34H46N4. The van der Waals surface area contributed by atoms with Gasteiger partial charge in [-0.05, 0) is 98.1 Å². The van der Waals surface area contributed by atoms with E-state index in [0.29, 0.717) is 11.8 Å². The molecule has 1 unspecified atom stereocenters. The molecule has 4 nitrogen and oxygen atoms in total. The van der Waals surface area contributed by atoms with Gasteiger partial charge in [-0.2, -0.15) is 0 Å². The summed E-state index contributed by atoms with van der Waals surface area (Å²) < 4.78 is 0. The molecule has 5 heterocycles. The van der Waals surface area contributed by atoms with E-state index in [-0.39, 0.29) is 6.04 Å². The van der Waals surface area contributed by atoms with E-state index in [9.17, 15) is 0 Å². The number of hydrogen-bond donors (Lipinski definition) is 2. The maximum Gasteiger partial charge on any atom is 0.0777 e. The molecule has 0 aliphatic carbocycles. The molecule has 2 aromatic rings. The van der Waals surface area contributed by atoms with Gasteiger partial charge in [0.15, 0.2) is 0 Å². The largest absolute Gasteiger partial charge is 0.358 e. The predicted octanol–water partition coefficient (Wildman–Crippen LogP) is 6.58. The van der Waals surface area contributed by atoms with Crippen molar-refractivity contribution in [3.63, 3.8) is 0 Å². The molecule has 0 spiro atoms. The maximum atomic E-state index is 5.32. The predicted molar refractivity (Wildman–Crippen MR) is 163 cm³/mol. The molecule has 2 N–H and O–H groups in total. The van der Waals surface area contributed by atoms with Crippen molar-refractivity contribution in [2.45, 2.75) is 106 Å². The van der Waals surface area contributed by atoms with E-state index >= 15 is 0 Å². The summed E-state index contributed by atoms with van der Waals surface area (Å²) in [5.41, 5.74) is 14.5. The van der Waals surface area contributed by atoms with E-state index < -0.39 is 0 Å². The minimum absolute atomic E-state index is 0.197. The lowest BCUT2D eigenvalue weighted by molar-refractivity contribution is 0.502. The minimum Gasteiger partial charge on any atom is -0.358 e. The Morgan fingerprint density at radius 2 is 1.66 bits per heavy atom. The molecule has 8 bridgehead atoms. The van der Waals surface area contributed by atoms with Gasteiger partial charge in [0.05, 0.1) is 11.8 Å². The van der Waals surface area contributed by atoms with Gasteiger partial charge in [-0.25, -0.2) is 0 Å². The zero-order valence-corrected chi connectivity index (χ0v) is 24.8. The Morgan fingerprint density at radius 3 is 2.34 bits per heavy atom. The van der Waals surface area contributed by atoms with Crippen LogP contribution < -0.4 is 10.7 Å². The second-order valence-electron chi connectivity index (χ2n) is 11.6. The van der Waals surface area contributed by atoms with E-state index in [1.165, 1.54) is 66.9 Å². The van der Waals surface area contributed by atoms with Crippen molar-refractivity contribution in [2.24, 2.45) is 21.8 Å². The number of fused-ring (bicyclic) bond motifs is 6. The average molecular weight is 511 g/mol. The van der Waals surface area contributed by atoms with E-state index in [1.807, 2.05) is 0 Å². The van der Waals surface area contributed by atoms with Crippen LogP contribution in [0.3, 0.4) is 0 Å².